The van der Waals surface area contributed by atoms with Crippen molar-refractivity contribution in [2.75, 3.05) is 18.4 Å². The van der Waals surface area contributed by atoms with Crippen molar-refractivity contribution in [3.63, 3.8) is 0 Å². The number of fused-ring (bicyclic) bond motifs is 1. The Labute approximate surface area is 135 Å². The fourth-order valence-corrected chi connectivity index (χ4v) is 3.34. The van der Waals surface area contributed by atoms with E-state index in [0.29, 0.717) is 5.52 Å². The first-order chi connectivity index (χ1) is 11.1. The van der Waals surface area contributed by atoms with Crippen LogP contribution in [0.5, 0.6) is 0 Å². The van der Waals surface area contributed by atoms with Gasteiger partial charge in [-0.15, -0.1) is 0 Å². The summed E-state index contributed by atoms with van der Waals surface area (Å²) in [6.45, 7) is 4.14. The predicted octanol–water partition coefficient (Wildman–Crippen LogP) is 1.03. The Morgan fingerprint density at radius 1 is 1.09 bits per heavy atom. The number of imidazole rings is 1. The largest absolute Gasteiger partial charge is 0.325 e. The van der Waals surface area contributed by atoms with E-state index in [9.17, 15) is 9.59 Å². The molecule has 2 heterocycles. The van der Waals surface area contributed by atoms with Gasteiger partial charge in [-0.1, -0.05) is 6.42 Å². The summed E-state index contributed by atoms with van der Waals surface area (Å²) in [7, 11) is 0. The van der Waals surface area contributed by atoms with Gasteiger partial charge in [0.2, 0.25) is 0 Å². The van der Waals surface area contributed by atoms with Gasteiger partial charge in [0, 0.05) is 5.69 Å². The molecule has 1 amide bonds. The summed E-state index contributed by atoms with van der Waals surface area (Å²) in [6.07, 6.45) is 6.26. The number of hydrogen-bond acceptors (Lipinski definition) is 2. The van der Waals surface area contributed by atoms with Crippen LogP contribution in [0.2, 0.25) is 0 Å². The van der Waals surface area contributed by atoms with E-state index in [-0.39, 0.29) is 17.6 Å². The molecule has 1 aromatic heterocycles. The van der Waals surface area contributed by atoms with E-state index in [0.717, 1.165) is 24.3 Å². The maximum Gasteiger partial charge on any atom is 0.323 e. The highest BCUT2D eigenvalue weighted by Gasteiger charge is 2.25. The Morgan fingerprint density at radius 3 is 2.48 bits per heavy atom. The molecule has 1 aromatic carbocycles. The van der Waals surface area contributed by atoms with Crippen LogP contribution in [0.15, 0.2) is 23.0 Å². The SMILES string of the molecule is C[C@H](C(=O)Nc1ccc2[nH]c(=O)[nH]c2c1)[NH+]1CCCCCCC1. The van der Waals surface area contributed by atoms with Gasteiger partial charge >= 0.3 is 5.69 Å². The average Bonchev–Trinajstić information content (AvgIpc) is 2.85. The topological polar surface area (TPSA) is 82.2 Å². The molecule has 6 heteroatoms. The van der Waals surface area contributed by atoms with Crippen molar-refractivity contribution in [3.8, 4) is 0 Å². The molecule has 1 saturated heterocycles. The number of H-pyrrole nitrogens is 2. The number of rotatable bonds is 3. The van der Waals surface area contributed by atoms with Crippen molar-refractivity contribution < 1.29 is 9.69 Å². The normalized spacial score (nSPS) is 18.3. The average molecular weight is 317 g/mol. The minimum absolute atomic E-state index is 0.0396. The highest BCUT2D eigenvalue weighted by molar-refractivity contribution is 5.95. The van der Waals surface area contributed by atoms with Gasteiger partial charge in [-0.25, -0.2) is 4.79 Å². The molecule has 0 bridgehead atoms. The molecule has 0 unspecified atom stereocenters. The Kier molecular flexibility index (Phi) is 4.81. The quantitative estimate of drug-likeness (QED) is 0.682. The fourth-order valence-electron chi connectivity index (χ4n) is 3.34. The number of aromatic amines is 2. The summed E-state index contributed by atoms with van der Waals surface area (Å²) in [5, 5.41) is 2.98. The summed E-state index contributed by atoms with van der Waals surface area (Å²) in [4.78, 5) is 30.6. The lowest BCUT2D eigenvalue weighted by atomic mass is 10.1. The van der Waals surface area contributed by atoms with Crippen LogP contribution < -0.4 is 15.9 Å². The van der Waals surface area contributed by atoms with Crippen molar-refractivity contribution in [2.45, 2.75) is 45.1 Å². The Bertz CT molecular complexity index is 726. The number of nitrogens with one attached hydrogen (secondary N) is 4. The third-order valence-corrected chi connectivity index (χ3v) is 4.78. The molecule has 0 spiro atoms. The first kappa shape index (κ1) is 15.8. The summed E-state index contributed by atoms with van der Waals surface area (Å²) in [5.74, 6) is 0.0396. The molecule has 124 valence electrons. The van der Waals surface area contributed by atoms with Crippen LogP contribution >= 0.6 is 0 Å². The number of aromatic nitrogens is 2. The molecule has 3 rings (SSSR count). The lowest BCUT2D eigenvalue weighted by Crippen LogP contribution is -3.16. The van der Waals surface area contributed by atoms with E-state index >= 15 is 0 Å². The number of anilines is 1. The molecule has 1 aliphatic heterocycles. The fraction of sp³-hybridized carbons (Fsp3) is 0.529. The first-order valence-corrected chi connectivity index (χ1v) is 8.51. The van der Waals surface area contributed by atoms with Crippen LogP contribution in [0.3, 0.4) is 0 Å². The number of likely N-dealkylation sites (tertiary alicyclic amines) is 1. The van der Waals surface area contributed by atoms with Crippen LogP contribution in [-0.2, 0) is 4.79 Å². The summed E-state index contributed by atoms with van der Waals surface area (Å²) in [5.41, 5.74) is 1.94. The first-order valence-electron chi connectivity index (χ1n) is 8.51. The van der Waals surface area contributed by atoms with Gasteiger partial charge in [0.1, 0.15) is 0 Å². The molecule has 0 aliphatic carbocycles. The molecule has 1 atom stereocenters. The van der Waals surface area contributed by atoms with E-state index in [1.165, 1.54) is 37.0 Å². The maximum atomic E-state index is 12.5. The smallest absolute Gasteiger partial charge is 0.323 e. The van der Waals surface area contributed by atoms with E-state index in [1.807, 2.05) is 13.0 Å². The number of carbonyl (C=O) groups is 1. The minimum atomic E-state index is -0.234. The van der Waals surface area contributed by atoms with Crippen LogP contribution in [0.1, 0.15) is 39.0 Å². The van der Waals surface area contributed by atoms with Gasteiger partial charge in [0.05, 0.1) is 24.1 Å². The van der Waals surface area contributed by atoms with Crippen LogP contribution in [-0.4, -0.2) is 35.0 Å². The van der Waals surface area contributed by atoms with Gasteiger partial charge in [-0.05, 0) is 50.8 Å². The second-order valence-electron chi connectivity index (χ2n) is 6.48. The zero-order valence-electron chi connectivity index (χ0n) is 13.6. The third-order valence-electron chi connectivity index (χ3n) is 4.78. The molecular formula is C17H25N4O2+. The molecule has 23 heavy (non-hydrogen) atoms. The van der Waals surface area contributed by atoms with Gasteiger partial charge in [0.25, 0.3) is 5.91 Å². The molecule has 6 nitrogen and oxygen atoms in total. The van der Waals surface area contributed by atoms with E-state index in [2.05, 4.69) is 15.3 Å². The molecule has 4 N–H and O–H groups in total. The molecule has 0 saturated carbocycles. The van der Waals surface area contributed by atoms with Gasteiger partial charge in [-0.3, -0.25) is 4.79 Å². The zero-order valence-corrected chi connectivity index (χ0v) is 13.6. The van der Waals surface area contributed by atoms with Crippen LogP contribution in [0.4, 0.5) is 5.69 Å². The lowest BCUT2D eigenvalue weighted by molar-refractivity contribution is -0.914. The number of amides is 1. The van der Waals surface area contributed by atoms with Gasteiger partial charge in [-0.2, -0.15) is 0 Å². The van der Waals surface area contributed by atoms with Crippen molar-refractivity contribution >= 4 is 22.6 Å². The van der Waals surface area contributed by atoms with Gasteiger partial charge < -0.3 is 20.2 Å². The Morgan fingerprint density at radius 2 is 1.74 bits per heavy atom. The lowest BCUT2D eigenvalue weighted by Gasteiger charge is -2.26. The van der Waals surface area contributed by atoms with E-state index in [1.54, 1.807) is 12.1 Å². The molecule has 1 fully saturated rings. The standard InChI is InChI=1S/C17H24N4O2/c1-12(21-9-5-3-2-4-6-10-21)16(22)18-13-7-8-14-15(11-13)20-17(23)19-14/h7-8,11-12H,2-6,9-10H2,1H3,(H,18,22)(H2,19,20,23)/p+1/t12-/m1/s1. The highest BCUT2D eigenvalue weighted by Crippen LogP contribution is 2.14. The van der Waals surface area contributed by atoms with E-state index < -0.39 is 0 Å². The number of carbonyl (C=O) groups excluding carboxylic acids is 1. The van der Waals surface area contributed by atoms with E-state index in [4.69, 9.17) is 0 Å². The zero-order chi connectivity index (χ0) is 16.2. The molecule has 1 aliphatic rings. The summed E-state index contributed by atoms with van der Waals surface area (Å²) >= 11 is 0. The number of quaternary nitrogens is 1. The highest BCUT2D eigenvalue weighted by atomic mass is 16.2. The third kappa shape index (κ3) is 3.82. The van der Waals surface area contributed by atoms with Crippen LogP contribution in [0, 0.1) is 0 Å². The van der Waals surface area contributed by atoms with Crippen molar-refractivity contribution in [1.82, 2.24) is 9.97 Å². The number of hydrogen-bond donors (Lipinski definition) is 4. The van der Waals surface area contributed by atoms with Gasteiger partial charge in [0.15, 0.2) is 6.04 Å². The molecular weight excluding hydrogens is 292 g/mol. The molecule has 0 radical (unpaired) electrons. The summed E-state index contributed by atoms with van der Waals surface area (Å²) < 4.78 is 0. The predicted molar refractivity (Wildman–Crippen MR) is 90.8 cm³/mol. The molecule has 2 aromatic rings. The maximum absolute atomic E-state index is 12.5. The Balaban J connectivity index is 1.67. The van der Waals surface area contributed by atoms with Crippen LogP contribution in [0.25, 0.3) is 11.0 Å². The Hall–Kier alpha value is -2.08. The second kappa shape index (κ2) is 7.00. The van der Waals surface area contributed by atoms with Crippen molar-refractivity contribution in [2.24, 2.45) is 0 Å². The summed E-state index contributed by atoms with van der Waals surface area (Å²) in [6, 6.07) is 5.35. The van der Waals surface area contributed by atoms with Crippen molar-refractivity contribution in [1.29, 1.82) is 0 Å². The minimum Gasteiger partial charge on any atom is -0.325 e. The van der Waals surface area contributed by atoms with Crippen molar-refractivity contribution in [3.05, 3.63) is 28.7 Å². The monoisotopic (exact) mass is 317 g/mol. The second-order valence-corrected chi connectivity index (χ2v) is 6.48. The number of benzene rings is 1.